The minimum Gasteiger partial charge on any atom is -0.346 e. The molecule has 2 aliphatic rings. The largest absolute Gasteiger partial charge is 0.346 e. The maximum Gasteiger partial charge on any atom is 0.237 e. The van der Waals surface area contributed by atoms with Gasteiger partial charge >= 0.3 is 0 Å². The highest BCUT2D eigenvalue weighted by Gasteiger charge is 2.42. The molecule has 1 aliphatic heterocycles. The third kappa shape index (κ3) is 2.19. The highest BCUT2D eigenvalue weighted by atomic mass is 16.2. The third-order valence-corrected chi connectivity index (χ3v) is 5.28. The Bertz CT molecular complexity index is 697. The monoisotopic (exact) mass is 299 g/mol. The number of hydrogen-bond acceptors (Lipinski definition) is 4. The van der Waals surface area contributed by atoms with E-state index in [2.05, 4.69) is 33.0 Å². The number of pyridine rings is 1. The zero-order chi connectivity index (χ0) is 15.1. The van der Waals surface area contributed by atoms with Crippen LogP contribution in [0, 0.1) is 11.8 Å². The molecular weight excluding hydrogens is 278 g/mol. The van der Waals surface area contributed by atoms with Crippen LogP contribution in [0.5, 0.6) is 0 Å². The lowest BCUT2D eigenvalue weighted by Crippen LogP contribution is -2.62. The second-order valence-electron chi connectivity index (χ2n) is 6.44. The fourth-order valence-electron chi connectivity index (χ4n) is 4.06. The first-order valence-electron chi connectivity index (χ1n) is 7.94. The molecule has 6 heteroatoms. The molecule has 1 saturated heterocycles. The van der Waals surface area contributed by atoms with Crippen molar-refractivity contribution in [2.75, 3.05) is 6.54 Å². The highest BCUT2D eigenvalue weighted by Crippen LogP contribution is 2.42. The topological polar surface area (TPSA) is 95.8 Å². The summed E-state index contributed by atoms with van der Waals surface area (Å²) in [5.41, 5.74) is 13.9. The minimum atomic E-state index is 0.0926. The number of hydrazine groups is 1. The van der Waals surface area contributed by atoms with Crippen molar-refractivity contribution in [3.8, 4) is 0 Å². The van der Waals surface area contributed by atoms with E-state index < -0.39 is 0 Å². The summed E-state index contributed by atoms with van der Waals surface area (Å²) in [5.74, 6) is 0.969. The van der Waals surface area contributed by atoms with Crippen LogP contribution in [-0.2, 0) is 4.79 Å². The predicted molar refractivity (Wildman–Crippen MR) is 83.8 cm³/mol. The fourth-order valence-corrected chi connectivity index (χ4v) is 4.06. The van der Waals surface area contributed by atoms with Gasteiger partial charge in [-0.15, -0.1) is 0 Å². The number of nitrogens with one attached hydrogen (secondary N) is 3. The number of rotatable bonds is 2. The second-order valence-corrected chi connectivity index (χ2v) is 6.44. The Labute approximate surface area is 128 Å². The van der Waals surface area contributed by atoms with Crippen LogP contribution >= 0.6 is 0 Å². The molecule has 2 aromatic heterocycles. The van der Waals surface area contributed by atoms with Gasteiger partial charge in [-0.05, 0) is 48.8 Å². The summed E-state index contributed by atoms with van der Waals surface area (Å²) >= 11 is 0. The lowest BCUT2D eigenvalue weighted by Gasteiger charge is -2.43. The summed E-state index contributed by atoms with van der Waals surface area (Å²) in [7, 11) is 0. The normalized spacial score (nSPS) is 31.8. The number of carbonyl (C=O) groups is 1. The molecule has 4 atom stereocenters. The van der Waals surface area contributed by atoms with Crippen molar-refractivity contribution >= 4 is 16.9 Å². The Kier molecular flexibility index (Phi) is 3.35. The van der Waals surface area contributed by atoms with E-state index in [0.717, 1.165) is 30.3 Å². The standard InChI is InChI=1S/C16H21N5O/c17-7-14-13-6-9(1-2-12(13)16(22)21-20-14)11-5-10-3-4-18-15(10)19-8-11/h3-5,8-9,12-14,20H,1-2,6-7,17H2,(H,18,19)(H,21,22). The van der Waals surface area contributed by atoms with Gasteiger partial charge in [0.2, 0.25) is 5.91 Å². The quantitative estimate of drug-likeness (QED) is 0.666. The minimum absolute atomic E-state index is 0.0926. The maximum absolute atomic E-state index is 12.0. The number of carbonyl (C=O) groups excluding carboxylic acids is 1. The van der Waals surface area contributed by atoms with Gasteiger partial charge in [-0.1, -0.05) is 0 Å². The van der Waals surface area contributed by atoms with Crippen LogP contribution in [-0.4, -0.2) is 28.5 Å². The van der Waals surface area contributed by atoms with Crippen LogP contribution < -0.4 is 16.6 Å². The Balaban J connectivity index is 1.60. The molecule has 1 saturated carbocycles. The molecule has 0 bridgehead atoms. The predicted octanol–water partition coefficient (Wildman–Crippen LogP) is 1.02. The number of H-pyrrole nitrogens is 1. The summed E-state index contributed by atoms with van der Waals surface area (Å²) in [6.45, 7) is 0.545. The lowest BCUT2D eigenvalue weighted by molar-refractivity contribution is -0.133. The molecule has 5 N–H and O–H groups in total. The summed E-state index contributed by atoms with van der Waals surface area (Å²) in [5, 5.41) is 1.15. The Morgan fingerprint density at radius 1 is 1.36 bits per heavy atom. The molecule has 1 amide bonds. The van der Waals surface area contributed by atoms with Gasteiger partial charge in [0.25, 0.3) is 0 Å². The van der Waals surface area contributed by atoms with Gasteiger partial charge in [0.15, 0.2) is 0 Å². The Hall–Kier alpha value is -1.92. The van der Waals surface area contributed by atoms with Gasteiger partial charge < -0.3 is 10.7 Å². The Morgan fingerprint density at radius 2 is 2.27 bits per heavy atom. The molecule has 0 aromatic carbocycles. The summed E-state index contributed by atoms with van der Waals surface area (Å²) in [6, 6.07) is 4.43. The van der Waals surface area contributed by atoms with E-state index in [9.17, 15) is 4.79 Å². The van der Waals surface area contributed by atoms with Gasteiger partial charge in [-0.2, -0.15) is 0 Å². The van der Waals surface area contributed by atoms with Gasteiger partial charge in [0, 0.05) is 36.3 Å². The number of amides is 1. The molecule has 1 aliphatic carbocycles. The van der Waals surface area contributed by atoms with E-state index in [1.807, 2.05) is 12.4 Å². The smallest absolute Gasteiger partial charge is 0.237 e. The molecule has 2 aromatic rings. The molecule has 4 rings (SSSR count). The molecule has 22 heavy (non-hydrogen) atoms. The van der Waals surface area contributed by atoms with E-state index in [1.165, 1.54) is 5.56 Å². The van der Waals surface area contributed by atoms with Crippen molar-refractivity contribution in [1.82, 2.24) is 20.8 Å². The first-order chi connectivity index (χ1) is 10.8. The van der Waals surface area contributed by atoms with Crippen LogP contribution in [0.4, 0.5) is 0 Å². The SMILES string of the molecule is NCC1NNC(=O)C2CCC(c3cnc4[nH]ccc4c3)CC12. The molecule has 6 nitrogen and oxygen atoms in total. The van der Waals surface area contributed by atoms with E-state index in [1.54, 1.807) is 0 Å². The van der Waals surface area contributed by atoms with Crippen molar-refractivity contribution in [3.05, 3.63) is 30.1 Å². The van der Waals surface area contributed by atoms with Crippen LogP contribution in [0.3, 0.4) is 0 Å². The number of fused-ring (bicyclic) bond motifs is 2. The molecule has 116 valence electrons. The lowest BCUT2D eigenvalue weighted by atomic mass is 9.68. The zero-order valence-electron chi connectivity index (χ0n) is 12.4. The zero-order valence-corrected chi connectivity index (χ0v) is 12.4. The molecule has 3 heterocycles. The van der Waals surface area contributed by atoms with Crippen molar-refractivity contribution in [3.63, 3.8) is 0 Å². The Morgan fingerprint density at radius 3 is 3.14 bits per heavy atom. The number of aromatic amines is 1. The number of aromatic nitrogens is 2. The van der Waals surface area contributed by atoms with Crippen molar-refractivity contribution in [2.45, 2.75) is 31.2 Å². The van der Waals surface area contributed by atoms with Gasteiger partial charge in [-0.3, -0.25) is 10.2 Å². The van der Waals surface area contributed by atoms with E-state index >= 15 is 0 Å². The number of nitrogens with two attached hydrogens (primary N) is 1. The molecular formula is C16H21N5O. The van der Waals surface area contributed by atoms with E-state index in [0.29, 0.717) is 18.4 Å². The first kappa shape index (κ1) is 13.7. The number of nitrogens with zero attached hydrogens (tertiary/aromatic N) is 1. The fraction of sp³-hybridized carbons (Fsp3) is 0.500. The van der Waals surface area contributed by atoms with Crippen molar-refractivity contribution in [1.29, 1.82) is 0 Å². The third-order valence-electron chi connectivity index (χ3n) is 5.28. The molecule has 4 unspecified atom stereocenters. The van der Waals surface area contributed by atoms with Gasteiger partial charge in [-0.25, -0.2) is 10.4 Å². The summed E-state index contributed by atoms with van der Waals surface area (Å²) in [4.78, 5) is 19.7. The first-order valence-corrected chi connectivity index (χ1v) is 7.94. The molecule has 0 spiro atoms. The van der Waals surface area contributed by atoms with Crippen molar-refractivity contribution < 1.29 is 4.79 Å². The van der Waals surface area contributed by atoms with Crippen LogP contribution in [0.25, 0.3) is 11.0 Å². The van der Waals surface area contributed by atoms with Gasteiger partial charge in [0.05, 0.1) is 0 Å². The highest BCUT2D eigenvalue weighted by molar-refractivity contribution is 5.79. The van der Waals surface area contributed by atoms with Crippen LogP contribution in [0.1, 0.15) is 30.7 Å². The summed E-state index contributed by atoms with van der Waals surface area (Å²) < 4.78 is 0. The van der Waals surface area contributed by atoms with Crippen molar-refractivity contribution in [2.24, 2.45) is 17.6 Å². The maximum atomic E-state index is 12.0. The van der Waals surface area contributed by atoms with Crippen LogP contribution in [0.2, 0.25) is 0 Å². The van der Waals surface area contributed by atoms with Crippen LogP contribution in [0.15, 0.2) is 24.5 Å². The molecule has 2 fully saturated rings. The van der Waals surface area contributed by atoms with E-state index in [-0.39, 0.29) is 17.9 Å². The van der Waals surface area contributed by atoms with Gasteiger partial charge in [0.1, 0.15) is 5.65 Å². The number of hydrogen-bond donors (Lipinski definition) is 4. The average molecular weight is 299 g/mol. The average Bonchev–Trinajstić information content (AvgIpc) is 3.02. The summed E-state index contributed by atoms with van der Waals surface area (Å²) in [6.07, 6.45) is 6.83. The van der Waals surface area contributed by atoms with E-state index in [4.69, 9.17) is 5.73 Å². The second kappa shape index (κ2) is 5.37. The molecule has 0 radical (unpaired) electrons.